The van der Waals surface area contributed by atoms with Crippen LogP contribution in [0.1, 0.15) is 31.9 Å². The van der Waals surface area contributed by atoms with E-state index in [2.05, 4.69) is 26.7 Å². The summed E-state index contributed by atoms with van der Waals surface area (Å²) in [6.45, 7) is 5.67. The average molecular weight is 240 g/mol. The maximum absolute atomic E-state index is 4.19. The molecule has 16 heavy (non-hydrogen) atoms. The van der Waals surface area contributed by atoms with Crippen LogP contribution in [-0.4, -0.2) is 34.6 Å². The highest BCUT2D eigenvalue weighted by atomic mass is 32.1. The van der Waals surface area contributed by atoms with E-state index in [1.165, 1.54) is 43.9 Å². The molecule has 1 unspecified atom stereocenters. The van der Waals surface area contributed by atoms with Crippen LogP contribution < -0.4 is 5.32 Å². The fraction of sp³-hybridized carbons (Fsp3) is 0.818. The van der Waals surface area contributed by atoms with E-state index in [4.69, 9.17) is 0 Å². The zero-order valence-electron chi connectivity index (χ0n) is 10.1. The Morgan fingerprint density at radius 2 is 2.44 bits per heavy atom. The third-order valence-corrected chi connectivity index (χ3v) is 4.01. The van der Waals surface area contributed by atoms with Gasteiger partial charge in [0.05, 0.1) is 0 Å². The largest absolute Gasteiger partial charge is 0.377 e. The molecule has 1 atom stereocenters. The summed E-state index contributed by atoms with van der Waals surface area (Å²) < 4.78 is 3.99. The van der Waals surface area contributed by atoms with Crippen LogP contribution in [0.2, 0.25) is 0 Å². The Morgan fingerprint density at radius 3 is 3.19 bits per heavy atom. The molecule has 1 aromatic heterocycles. The second-order valence-corrected chi connectivity index (χ2v) is 5.23. The van der Waals surface area contributed by atoms with E-state index in [1.807, 2.05) is 7.05 Å². The van der Waals surface area contributed by atoms with Gasteiger partial charge in [-0.15, -0.1) is 5.10 Å². The van der Waals surface area contributed by atoms with Crippen LogP contribution in [-0.2, 0) is 6.54 Å². The van der Waals surface area contributed by atoms with Crippen molar-refractivity contribution in [2.75, 3.05) is 25.5 Å². The molecular formula is C11H20N4S. The Morgan fingerprint density at radius 1 is 1.56 bits per heavy atom. The van der Waals surface area contributed by atoms with Crippen molar-refractivity contribution < 1.29 is 0 Å². The minimum absolute atomic E-state index is 0.898. The molecule has 1 saturated heterocycles. The molecule has 0 radical (unpaired) electrons. The fourth-order valence-corrected chi connectivity index (χ4v) is 2.94. The van der Waals surface area contributed by atoms with Crippen LogP contribution in [0, 0.1) is 5.92 Å². The lowest BCUT2D eigenvalue weighted by Crippen LogP contribution is -2.20. The number of hydrogen-bond acceptors (Lipinski definition) is 5. The van der Waals surface area contributed by atoms with Crippen molar-refractivity contribution in [1.29, 1.82) is 0 Å². The number of nitrogens with one attached hydrogen (secondary N) is 1. The molecule has 90 valence electrons. The Hall–Kier alpha value is -0.680. The van der Waals surface area contributed by atoms with Crippen LogP contribution in [0.5, 0.6) is 0 Å². The standard InChI is InChI=1S/C11H20N4S/c1-3-4-9-5-6-15(7-9)8-10-11(12-2)16-14-13-10/h9,12H,3-8H2,1-2H3. The molecule has 4 nitrogen and oxygen atoms in total. The summed E-state index contributed by atoms with van der Waals surface area (Å²) in [6.07, 6.45) is 4.02. The van der Waals surface area contributed by atoms with E-state index in [0.717, 1.165) is 23.2 Å². The first-order valence-electron chi connectivity index (χ1n) is 6.04. The molecule has 0 aromatic carbocycles. The third kappa shape index (κ3) is 2.71. The summed E-state index contributed by atoms with van der Waals surface area (Å²) in [7, 11) is 1.93. The first-order chi connectivity index (χ1) is 7.83. The highest BCUT2D eigenvalue weighted by Crippen LogP contribution is 2.25. The molecule has 0 bridgehead atoms. The molecule has 1 aliphatic heterocycles. The first-order valence-corrected chi connectivity index (χ1v) is 6.82. The lowest BCUT2D eigenvalue weighted by molar-refractivity contribution is 0.309. The van der Waals surface area contributed by atoms with Crippen LogP contribution in [0.25, 0.3) is 0 Å². The van der Waals surface area contributed by atoms with Crippen molar-refractivity contribution in [2.45, 2.75) is 32.7 Å². The Labute approximate surface area is 101 Å². The van der Waals surface area contributed by atoms with Gasteiger partial charge in [-0.2, -0.15) is 0 Å². The minimum Gasteiger partial charge on any atom is -0.377 e. The molecule has 2 rings (SSSR count). The molecular weight excluding hydrogens is 220 g/mol. The van der Waals surface area contributed by atoms with Gasteiger partial charge in [0, 0.05) is 31.7 Å². The van der Waals surface area contributed by atoms with Gasteiger partial charge in [0.2, 0.25) is 0 Å². The van der Waals surface area contributed by atoms with E-state index in [1.54, 1.807) is 0 Å². The Balaban J connectivity index is 1.87. The number of nitrogens with zero attached hydrogens (tertiary/aromatic N) is 3. The van der Waals surface area contributed by atoms with Crippen LogP contribution in [0.15, 0.2) is 0 Å². The van der Waals surface area contributed by atoms with Gasteiger partial charge in [0.1, 0.15) is 10.7 Å². The van der Waals surface area contributed by atoms with Crippen molar-refractivity contribution in [3.8, 4) is 0 Å². The van der Waals surface area contributed by atoms with Gasteiger partial charge in [-0.25, -0.2) is 0 Å². The van der Waals surface area contributed by atoms with E-state index in [9.17, 15) is 0 Å². The van der Waals surface area contributed by atoms with Gasteiger partial charge in [0.15, 0.2) is 0 Å². The summed E-state index contributed by atoms with van der Waals surface area (Å²) in [5.74, 6) is 0.898. The summed E-state index contributed by atoms with van der Waals surface area (Å²) >= 11 is 1.45. The molecule has 0 aliphatic carbocycles. The smallest absolute Gasteiger partial charge is 0.134 e. The summed E-state index contributed by atoms with van der Waals surface area (Å²) in [5.41, 5.74) is 1.10. The number of aromatic nitrogens is 2. The van der Waals surface area contributed by atoms with Crippen molar-refractivity contribution in [1.82, 2.24) is 14.5 Å². The fourth-order valence-electron chi connectivity index (χ4n) is 2.41. The van der Waals surface area contributed by atoms with Crippen LogP contribution in [0.4, 0.5) is 5.00 Å². The second kappa shape index (κ2) is 5.59. The van der Waals surface area contributed by atoms with Crippen molar-refractivity contribution >= 4 is 16.5 Å². The zero-order chi connectivity index (χ0) is 11.4. The first kappa shape index (κ1) is 11.8. The van der Waals surface area contributed by atoms with Gasteiger partial charge in [0.25, 0.3) is 0 Å². The molecule has 5 heteroatoms. The number of rotatable bonds is 5. The highest BCUT2D eigenvalue weighted by molar-refractivity contribution is 7.10. The minimum atomic E-state index is 0.898. The van der Waals surface area contributed by atoms with E-state index >= 15 is 0 Å². The summed E-state index contributed by atoms with van der Waals surface area (Å²) in [6, 6.07) is 0. The maximum atomic E-state index is 4.19. The predicted octanol–water partition coefficient (Wildman–Crippen LogP) is 2.20. The van der Waals surface area contributed by atoms with E-state index in [-0.39, 0.29) is 0 Å². The number of likely N-dealkylation sites (tertiary alicyclic amines) is 1. The predicted molar refractivity (Wildman–Crippen MR) is 67.7 cm³/mol. The average Bonchev–Trinajstić information content (AvgIpc) is 2.89. The highest BCUT2D eigenvalue weighted by Gasteiger charge is 2.23. The summed E-state index contributed by atoms with van der Waals surface area (Å²) in [5, 5.41) is 8.45. The summed E-state index contributed by atoms with van der Waals surface area (Å²) in [4.78, 5) is 2.50. The molecule has 1 aliphatic rings. The molecule has 1 fully saturated rings. The van der Waals surface area contributed by atoms with Gasteiger partial charge < -0.3 is 5.32 Å². The van der Waals surface area contributed by atoms with Crippen LogP contribution in [0.3, 0.4) is 0 Å². The third-order valence-electron chi connectivity index (χ3n) is 3.22. The lowest BCUT2D eigenvalue weighted by Gasteiger charge is -2.14. The van der Waals surface area contributed by atoms with Crippen molar-refractivity contribution in [3.05, 3.63) is 5.69 Å². The number of anilines is 1. The van der Waals surface area contributed by atoms with Gasteiger partial charge in [-0.3, -0.25) is 4.90 Å². The molecule has 1 aromatic rings. The van der Waals surface area contributed by atoms with Crippen LogP contribution >= 0.6 is 11.5 Å². The van der Waals surface area contributed by atoms with E-state index in [0.29, 0.717) is 0 Å². The maximum Gasteiger partial charge on any atom is 0.134 e. The van der Waals surface area contributed by atoms with Gasteiger partial charge >= 0.3 is 0 Å². The van der Waals surface area contributed by atoms with Gasteiger partial charge in [-0.1, -0.05) is 17.8 Å². The topological polar surface area (TPSA) is 41.1 Å². The SMILES string of the molecule is CCCC1CCN(Cc2nnsc2NC)C1. The molecule has 0 amide bonds. The van der Waals surface area contributed by atoms with Crippen molar-refractivity contribution in [3.63, 3.8) is 0 Å². The molecule has 1 N–H and O–H groups in total. The quantitative estimate of drug-likeness (QED) is 0.856. The number of hydrogen-bond donors (Lipinski definition) is 1. The van der Waals surface area contributed by atoms with Crippen molar-refractivity contribution in [2.24, 2.45) is 5.92 Å². The monoisotopic (exact) mass is 240 g/mol. The zero-order valence-corrected chi connectivity index (χ0v) is 10.9. The molecule has 0 spiro atoms. The lowest BCUT2D eigenvalue weighted by atomic mass is 10.0. The molecule has 2 heterocycles. The second-order valence-electron chi connectivity index (χ2n) is 4.48. The van der Waals surface area contributed by atoms with E-state index < -0.39 is 0 Å². The van der Waals surface area contributed by atoms with Gasteiger partial charge in [-0.05, 0) is 25.3 Å². The Kier molecular flexibility index (Phi) is 4.12. The normalized spacial score (nSPS) is 21.5. The Bertz CT molecular complexity index is 326. The molecule has 0 saturated carbocycles.